The highest BCUT2D eigenvalue weighted by Crippen LogP contribution is 2.33. The Bertz CT molecular complexity index is 1310. The van der Waals surface area contributed by atoms with Gasteiger partial charge in [-0.25, -0.2) is 13.4 Å². The van der Waals surface area contributed by atoms with Gasteiger partial charge in [0.2, 0.25) is 0 Å². The molecule has 11 nitrogen and oxygen atoms in total. The number of rotatable bonds is 13. The van der Waals surface area contributed by atoms with E-state index in [0.29, 0.717) is 24.3 Å². The lowest BCUT2D eigenvalue weighted by atomic mass is 10.2. The summed E-state index contributed by atoms with van der Waals surface area (Å²) in [5, 5.41) is 6.21. The zero-order chi connectivity index (χ0) is 26.0. The third kappa shape index (κ3) is 7.00. The van der Waals surface area contributed by atoms with E-state index in [1.54, 1.807) is 30.3 Å². The Labute approximate surface area is 217 Å². The predicted octanol–water partition coefficient (Wildman–Crippen LogP) is 5.50. The average molecular weight is 576 g/mol. The summed E-state index contributed by atoms with van der Waals surface area (Å²) in [6, 6.07) is 11.4. The number of carbonyl (C=O) groups is 1. The first-order chi connectivity index (χ1) is 17.4. The van der Waals surface area contributed by atoms with Crippen LogP contribution in [0.1, 0.15) is 36.2 Å². The molecular formula is C23H26BrN7O4S. The number of aromatic amines is 1. The number of amides is 1. The fourth-order valence-corrected chi connectivity index (χ4v) is 5.44. The van der Waals surface area contributed by atoms with E-state index in [-0.39, 0.29) is 22.9 Å². The number of hydrogen-bond donors (Lipinski definition) is 2. The van der Waals surface area contributed by atoms with Gasteiger partial charge in [0.1, 0.15) is 16.3 Å². The van der Waals surface area contributed by atoms with Gasteiger partial charge in [0, 0.05) is 28.2 Å². The summed E-state index contributed by atoms with van der Waals surface area (Å²) in [4.78, 5) is 21.6. The number of azide groups is 1. The van der Waals surface area contributed by atoms with Crippen molar-refractivity contribution in [1.82, 2.24) is 9.97 Å². The number of anilines is 2. The number of H-pyrrole nitrogens is 1. The molecule has 0 spiro atoms. The standard InChI is InChI=1S/C23H26BrN7O4S/c1-35-21-11-8-18(29-23(32)20-15-26-16-27-20)14-22(21)36(33,34)31(19-9-6-17(24)7-10-19)13-5-3-2-4-12-28-30-25/h6-11,14-16H,2-5,12-13H2,1H3,(H,26,27)(H,29,32). The number of unbranched alkanes of at least 4 members (excludes halogenated alkanes) is 3. The van der Waals surface area contributed by atoms with Crippen LogP contribution in [0.3, 0.4) is 0 Å². The third-order valence-corrected chi connectivity index (χ3v) is 7.66. The molecule has 13 heteroatoms. The zero-order valence-electron chi connectivity index (χ0n) is 19.6. The van der Waals surface area contributed by atoms with Gasteiger partial charge < -0.3 is 15.0 Å². The Hall–Kier alpha value is -3.54. The third-order valence-electron chi connectivity index (χ3n) is 5.28. The minimum atomic E-state index is -4.07. The van der Waals surface area contributed by atoms with Gasteiger partial charge >= 0.3 is 0 Å². The molecule has 0 unspecified atom stereocenters. The van der Waals surface area contributed by atoms with Crippen molar-refractivity contribution in [2.75, 3.05) is 29.8 Å². The molecule has 1 aromatic heterocycles. The quantitative estimate of drug-likeness (QED) is 0.119. The van der Waals surface area contributed by atoms with E-state index in [2.05, 4.69) is 41.2 Å². The van der Waals surface area contributed by atoms with Crippen LogP contribution in [0.4, 0.5) is 11.4 Å². The van der Waals surface area contributed by atoms with Gasteiger partial charge in [-0.05, 0) is 60.8 Å². The second kappa shape index (κ2) is 13.0. The van der Waals surface area contributed by atoms with Crippen molar-refractivity contribution in [2.24, 2.45) is 5.11 Å². The highest BCUT2D eigenvalue weighted by molar-refractivity contribution is 9.10. The second-order valence-electron chi connectivity index (χ2n) is 7.71. The maximum Gasteiger partial charge on any atom is 0.273 e. The Balaban J connectivity index is 1.89. The maximum absolute atomic E-state index is 13.9. The van der Waals surface area contributed by atoms with Gasteiger partial charge in [-0.1, -0.05) is 33.9 Å². The molecule has 0 radical (unpaired) electrons. The van der Waals surface area contributed by atoms with E-state index in [1.807, 2.05) is 0 Å². The number of imidazole rings is 1. The zero-order valence-corrected chi connectivity index (χ0v) is 22.0. The molecule has 190 valence electrons. The molecule has 0 saturated carbocycles. The SMILES string of the molecule is COc1ccc(NC(=O)c2cnc[nH]2)cc1S(=O)(=O)N(CCCCCCN=[N+]=[N-])c1ccc(Br)cc1. The summed E-state index contributed by atoms with van der Waals surface area (Å²) in [6.07, 6.45) is 5.67. The van der Waals surface area contributed by atoms with Crippen LogP contribution in [0, 0.1) is 0 Å². The number of nitrogens with one attached hydrogen (secondary N) is 2. The molecule has 0 saturated heterocycles. The number of halogens is 1. The summed E-state index contributed by atoms with van der Waals surface area (Å²) in [5.74, 6) is -0.294. The topological polar surface area (TPSA) is 153 Å². The molecule has 0 aliphatic rings. The number of hydrogen-bond acceptors (Lipinski definition) is 6. The number of methoxy groups -OCH3 is 1. The van der Waals surface area contributed by atoms with Crippen LogP contribution >= 0.6 is 15.9 Å². The van der Waals surface area contributed by atoms with E-state index in [1.165, 1.54) is 36.1 Å². The summed E-state index contributed by atoms with van der Waals surface area (Å²) in [7, 11) is -2.67. The normalized spacial score (nSPS) is 10.9. The fourth-order valence-electron chi connectivity index (χ4n) is 3.48. The lowest BCUT2D eigenvalue weighted by molar-refractivity contribution is 0.102. The molecule has 1 heterocycles. The van der Waals surface area contributed by atoms with Gasteiger partial charge in [-0.15, -0.1) is 0 Å². The van der Waals surface area contributed by atoms with Gasteiger partial charge in [-0.2, -0.15) is 0 Å². The molecule has 36 heavy (non-hydrogen) atoms. The molecule has 1 amide bonds. The molecule has 2 aromatic carbocycles. The largest absolute Gasteiger partial charge is 0.495 e. The van der Waals surface area contributed by atoms with Gasteiger partial charge in [0.15, 0.2) is 0 Å². The first kappa shape index (κ1) is 27.1. The highest BCUT2D eigenvalue weighted by Gasteiger charge is 2.29. The van der Waals surface area contributed by atoms with Crippen LogP contribution in [-0.2, 0) is 10.0 Å². The van der Waals surface area contributed by atoms with Crippen molar-refractivity contribution >= 4 is 43.2 Å². The van der Waals surface area contributed by atoms with Crippen LogP contribution in [0.25, 0.3) is 10.4 Å². The lowest BCUT2D eigenvalue weighted by Crippen LogP contribution is -2.32. The molecular weight excluding hydrogens is 550 g/mol. The van der Waals surface area contributed by atoms with Crippen molar-refractivity contribution in [3.8, 4) is 5.75 Å². The number of sulfonamides is 1. The van der Waals surface area contributed by atoms with Gasteiger partial charge in [-0.3, -0.25) is 9.10 Å². The van der Waals surface area contributed by atoms with Crippen LogP contribution in [0.5, 0.6) is 5.75 Å². The molecule has 2 N–H and O–H groups in total. The van der Waals surface area contributed by atoms with Gasteiger partial charge in [0.25, 0.3) is 15.9 Å². The first-order valence-corrected chi connectivity index (χ1v) is 13.4. The number of ether oxygens (including phenoxy) is 1. The minimum Gasteiger partial charge on any atom is -0.495 e. The second-order valence-corrected chi connectivity index (χ2v) is 10.5. The van der Waals surface area contributed by atoms with E-state index in [4.69, 9.17) is 10.3 Å². The van der Waals surface area contributed by atoms with E-state index >= 15 is 0 Å². The lowest BCUT2D eigenvalue weighted by Gasteiger charge is -2.26. The van der Waals surface area contributed by atoms with Crippen molar-refractivity contribution in [1.29, 1.82) is 0 Å². The fraction of sp³-hybridized carbons (Fsp3) is 0.304. The minimum absolute atomic E-state index is 0.0707. The Morgan fingerprint density at radius 3 is 2.61 bits per heavy atom. The molecule has 0 aliphatic heterocycles. The maximum atomic E-state index is 13.9. The summed E-state index contributed by atoms with van der Waals surface area (Å²) >= 11 is 3.39. The molecule has 3 aromatic rings. The summed E-state index contributed by atoms with van der Waals surface area (Å²) < 4.78 is 35.4. The van der Waals surface area contributed by atoms with Crippen LogP contribution in [0.15, 0.2) is 69.5 Å². The van der Waals surface area contributed by atoms with E-state index in [0.717, 1.165) is 23.7 Å². The van der Waals surface area contributed by atoms with E-state index in [9.17, 15) is 13.2 Å². The first-order valence-electron chi connectivity index (χ1n) is 11.1. The number of benzene rings is 2. The number of nitrogens with zero attached hydrogens (tertiary/aromatic N) is 5. The summed E-state index contributed by atoms with van der Waals surface area (Å²) in [5.41, 5.74) is 9.43. The number of aromatic nitrogens is 2. The monoisotopic (exact) mass is 575 g/mol. The van der Waals surface area contributed by atoms with Crippen molar-refractivity contribution in [2.45, 2.75) is 30.6 Å². The highest BCUT2D eigenvalue weighted by atomic mass is 79.9. The molecule has 0 atom stereocenters. The summed E-state index contributed by atoms with van der Waals surface area (Å²) in [6.45, 7) is 0.652. The molecule has 3 rings (SSSR count). The van der Waals surface area contributed by atoms with Crippen LogP contribution < -0.4 is 14.4 Å². The Morgan fingerprint density at radius 1 is 1.19 bits per heavy atom. The van der Waals surface area contributed by atoms with Crippen molar-refractivity contribution < 1.29 is 17.9 Å². The van der Waals surface area contributed by atoms with Gasteiger partial charge in [0.05, 0.1) is 25.3 Å². The van der Waals surface area contributed by atoms with Crippen molar-refractivity contribution in [3.05, 3.63) is 75.6 Å². The number of carbonyl (C=O) groups excluding carboxylic acids is 1. The molecule has 0 bridgehead atoms. The predicted molar refractivity (Wildman–Crippen MR) is 141 cm³/mol. The Kier molecular flexibility index (Phi) is 9.74. The van der Waals surface area contributed by atoms with E-state index < -0.39 is 15.9 Å². The molecule has 0 aliphatic carbocycles. The Morgan fingerprint density at radius 2 is 1.94 bits per heavy atom. The molecule has 0 fully saturated rings. The van der Waals surface area contributed by atoms with Crippen molar-refractivity contribution in [3.63, 3.8) is 0 Å². The smallest absolute Gasteiger partial charge is 0.273 e. The average Bonchev–Trinajstić information content (AvgIpc) is 3.42. The van der Waals surface area contributed by atoms with Crippen LogP contribution in [0.2, 0.25) is 0 Å². The van der Waals surface area contributed by atoms with Crippen LogP contribution in [-0.4, -0.2) is 44.5 Å².